The van der Waals surface area contributed by atoms with Crippen molar-refractivity contribution in [1.82, 2.24) is 24.5 Å². The van der Waals surface area contributed by atoms with E-state index < -0.39 is 23.5 Å². The number of carbonyl (C=O) groups excluding carboxylic acids is 1. The molecule has 0 spiro atoms. The number of aliphatic carboxylic acids is 1. The number of carbonyl (C=O) groups is 2. The summed E-state index contributed by atoms with van der Waals surface area (Å²) in [5.41, 5.74) is 3.27. The van der Waals surface area contributed by atoms with Gasteiger partial charge in [-0.05, 0) is 71.2 Å². The van der Waals surface area contributed by atoms with Gasteiger partial charge in [0.05, 0.1) is 17.9 Å². The molecule has 1 N–H and O–H groups in total. The molecule has 1 aliphatic heterocycles. The summed E-state index contributed by atoms with van der Waals surface area (Å²) in [4.78, 5) is 36.7. The Morgan fingerprint density at radius 2 is 2.00 bits per heavy atom. The van der Waals surface area contributed by atoms with Crippen molar-refractivity contribution in [3.8, 4) is 17.0 Å². The molecule has 43 heavy (non-hydrogen) atoms. The summed E-state index contributed by atoms with van der Waals surface area (Å²) < 4.78 is 28.7. The van der Waals surface area contributed by atoms with Gasteiger partial charge in [0.1, 0.15) is 0 Å². The molecule has 0 saturated carbocycles. The summed E-state index contributed by atoms with van der Waals surface area (Å²) in [6.45, 7) is 9.65. The van der Waals surface area contributed by atoms with Crippen molar-refractivity contribution >= 4 is 17.5 Å². The molecule has 226 valence electrons. The van der Waals surface area contributed by atoms with Gasteiger partial charge in [-0.2, -0.15) is 5.10 Å². The molecule has 1 aliphatic rings. The molecular formula is C32H36FN5O5. The minimum atomic E-state index is -1.44. The normalized spacial score (nSPS) is 13.8. The van der Waals surface area contributed by atoms with Crippen LogP contribution in [-0.2, 0) is 22.4 Å². The van der Waals surface area contributed by atoms with Crippen LogP contribution in [0.2, 0.25) is 0 Å². The fourth-order valence-electron chi connectivity index (χ4n) is 5.43. The van der Waals surface area contributed by atoms with E-state index in [0.29, 0.717) is 48.6 Å². The van der Waals surface area contributed by atoms with Crippen LogP contribution in [0.15, 0.2) is 36.5 Å². The van der Waals surface area contributed by atoms with Gasteiger partial charge in [0.2, 0.25) is 0 Å². The number of aromatic nitrogens is 4. The van der Waals surface area contributed by atoms with Crippen molar-refractivity contribution in [3.63, 3.8) is 0 Å². The van der Waals surface area contributed by atoms with Crippen molar-refractivity contribution in [2.75, 3.05) is 20.2 Å². The molecule has 4 aromatic rings. The van der Waals surface area contributed by atoms with Crippen LogP contribution in [0.1, 0.15) is 71.9 Å². The molecule has 1 amide bonds. The minimum absolute atomic E-state index is 0.122. The highest BCUT2D eigenvalue weighted by Crippen LogP contribution is 2.41. The minimum Gasteiger partial charge on any atom is -0.490 e. The predicted molar refractivity (Wildman–Crippen MR) is 158 cm³/mol. The third-order valence-electron chi connectivity index (χ3n) is 7.47. The number of hydrogen-bond acceptors (Lipinski definition) is 7. The molecular weight excluding hydrogens is 553 g/mol. The quantitative estimate of drug-likeness (QED) is 0.301. The van der Waals surface area contributed by atoms with E-state index in [-0.39, 0.29) is 22.9 Å². The number of carboxylic acids is 1. The van der Waals surface area contributed by atoms with E-state index in [0.717, 1.165) is 23.2 Å². The largest absolute Gasteiger partial charge is 0.490 e. The van der Waals surface area contributed by atoms with E-state index in [1.165, 1.54) is 10.6 Å². The Bertz CT molecular complexity index is 1700. The van der Waals surface area contributed by atoms with Crippen molar-refractivity contribution < 1.29 is 28.6 Å². The van der Waals surface area contributed by atoms with Gasteiger partial charge in [-0.1, -0.05) is 6.07 Å². The molecule has 1 aromatic carbocycles. The Morgan fingerprint density at radius 3 is 2.67 bits per heavy atom. The molecule has 0 fully saturated rings. The number of benzene rings is 1. The fraction of sp³-hybridized carbons (Fsp3) is 0.406. The lowest BCUT2D eigenvalue weighted by molar-refractivity contribution is -0.160. The summed E-state index contributed by atoms with van der Waals surface area (Å²) in [6.07, 6.45) is 2.16. The van der Waals surface area contributed by atoms with Crippen molar-refractivity contribution in [3.05, 3.63) is 76.1 Å². The van der Waals surface area contributed by atoms with Gasteiger partial charge in [0, 0.05) is 60.4 Å². The number of rotatable bonds is 8. The van der Waals surface area contributed by atoms with Gasteiger partial charge in [0.25, 0.3) is 5.91 Å². The second kappa shape index (κ2) is 11.7. The monoisotopic (exact) mass is 589 g/mol. The van der Waals surface area contributed by atoms with E-state index in [9.17, 15) is 14.7 Å². The zero-order chi connectivity index (χ0) is 31.1. The van der Waals surface area contributed by atoms with Gasteiger partial charge in [0.15, 0.2) is 29.0 Å². The van der Waals surface area contributed by atoms with Gasteiger partial charge in [-0.25, -0.2) is 18.7 Å². The van der Waals surface area contributed by atoms with Crippen LogP contribution in [0, 0.1) is 19.7 Å². The van der Waals surface area contributed by atoms with Gasteiger partial charge < -0.3 is 19.5 Å². The van der Waals surface area contributed by atoms with Crippen LogP contribution >= 0.6 is 0 Å². The van der Waals surface area contributed by atoms with Gasteiger partial charge >= 0.3 is 5.97 Å². The highest BCUT2D eigenvalue weighted by molar-refractivity contribution is 5.93. The Hall–Kier alpha value is -4.38. The lowest BCUT2D eigenvalue weighted by Crippen LogP contribution is -2.29. The highest BCUT2D eigenvalue weighted by Gasteiger charge is 2.35. The van der Waals surface area contributed by atoms with Gasteiger partial charge in [-0.3, -0.25) is 9.78 Å². The number of carboxylic acid groups (broad SMARTS) is 1. The Kier molecular flexibility index (Phi) is 8.20. The average molecular weight is 590 g/mol. The molecule has 10 nitrogen and oxygen atoms in total. The van der Waals surface area contributed by atoms with Crippen LogP contribution < -0.4 is 4.74 Å². The first kappa shape index (κ1) is 30.1. The Morgan fingerprint density at radius 1 is 1.23 bits per heavy atom. The fourth-order valence-corrected chi connectivity index (χ4v) is 5.43. The predicted octanol–water partition coefficient (Wildman–Crippen LogP) is 5.13. The Labute approximate surface area is 249 Å². The van der Waals surface area contributed by atoms with Gasteiger partial charge in [-0.15, -0.1) is 0 Å². The SMILES string of the molecule is Cc1nc2cc(C(=O)N(C)CCc3ccccn3)nn2c(-c2cc(F)c3c(c2C)CCCO3)c1[C@H](OC(C)(C)C)C(=O)O. The summed E-state index contributed by atoms with van der Waals surface area (Å²) >= 11 is 0. The zero-order valence-corrected chi connectivity index (χ0v) is 25.3. The van der Waals surface area contributed by atoms with E-state index in [1.807, 2.05) is 25.1 Å². The molecule has 1 atom stereocenters. The summed E-state index contributed by atoms with van der Waals surface area (Å²) in [5.74, 6) is -1.90. The number of halogens is 1. The number of aryl methyl sites for hydroxylation is 1. The first-order chi connectivity index (χ1) is 20.4. The first-order valence-corrected chi connectivity index (χ1v) is 14.3. The van der Waals surface area contributed by atoms with Crippen molar-refractivity contribution in [2.24, 2.45) is 0 Å². The number of ether oxygens (including phenoxy) is 2. The van der Waals surface area contributed by atoms with E-state index in [2.05, 4.69) is 15.1 Å². The number of fused-ring (bicyclic) bond motifs is 2. The van der Waals surface area contributed by atoms with Crippen LogP contribution in [-0.4, -0.2) is 67.3 Å². The van der Waals surface area contributed by atoms with Crippen LogP contribution in [0.3, 0.4) is 0 Å². The molecule has 4 heterocycles. The molecule has 0 saturated heterocycles. The van der Waals surface area contributed by atoms with Crippen molar-refractivity contribution in [2.45, 2.75) is 65.6 Å². The second-order valence-electron chi connectivity index (χ2n) is 11.8. The summed E-state index contributed by atoms with van der Waals surface area (Å²) in [6, 6.07) is 8.53. The first-order valence-electron chi connectivity index (χ1n) is 14.3. The topological polar surface area (TPSA) is 119 Å². The molecule has 0 aliphatic carbocycles. The number of likely N-dealkylation sites (N-methyl/N-ethyl adjacent to an activating group) is 1. The lowest BCUT2D eigenvalue weighted by Gasteiger charge is -2.28. The molecule has 5 rings (SSSR count). The maximum atomic E-state index is 15.5. The molecule has 0 unspecified atom stereocenters. The number of pyridine rings is 1. The highest BCUT2D eigenvalue weighted by atomic mass is 19.1. The summed E-state index contributed by atoms with van der Waals surface area (Å²) in [5, 5.41) is 15.0. The lowest BCUT2D eigenvalue weighted by atomic mass is 9.91. The van der Waals surface area contributed by atoms with Crippen LogP contribution in [0.25, 0.3) is 16.9 Å². The number of amides is 1. The summed E-state index contributed by atoms with van der Waals surface area (Å²) in [7, 11) is 1.68. The average Bonchev–Trinajstić information content (AvgIpc) is 3.39. The third-order valence-corrected chi connectivity index (χ3v) is 7.47. The molecule has 11 heteroatoms. The van der Waals surface area contributed by atoms with E-state index in [4.69, 9.17) is 9.47 Å². The van der Waals surface area contributed by atoms with Crippen LogP contribution in [0.4, 0.5) is 4.39 Å². The number of hydrogen-bond donors (Lipinski definition) is 1. The van der Waals surface area contributed by atoms with Crippen LogP contribution in [0.5, 0.6) is 5.75 Å². The second-order valence-corrected chi connectivity index (χ2v) is 11.8. The zero-order valence-electron chi connectivity index (χ0n) is 25.3. The molecule has 0 bridgehead atoms. The van der Waals surface area contributed by atoms with Crippen molar-refractivity contribution in [1.29, 1.82) is 0 Å². The number of nitrogens with zero attached hydrogens (tertiary/aromatic N) is 5. The Balaban J connectivity index is 1.69. The third kappa shape index (κ3) is 6.08. The molecule has 0 radical (unpaired) electrons. The van der Waals surface area contributed by atoms with E-state index in [1.54, 1.807) is 51.9 Å². The maximum absolute atomic E-state index is 15.5. The smallest absolute Gasteiger partial charge is 0.337 e. The maximum Gasteiger partial charge on any atom is 0.337 e. The van der Waals surface area contributed by atoms with E-state index >= 15 is 4.39 Å². The molecule has 3 aromatic heterocycles. The standard InChI is InChI=1S/C32H36FN5O5/c1-18-21-11-9-15-42-28(21)23(33)16-22(18)27-26(29(31(40)41)43-32(3,4)5)19(2)35-25-17-24(36-38(25)27)30(39)37(6)14-12-20-10-7-8-13-34-20/h7-8,10,13,16-17,29H,9,11-12,14-15H2,1-6H3,(H,40,41)/t29-/m0/s1.